The molecule has 0 spiro atoms. The van der Waals surface area contributed by atoms with Crippen LogP contribution in [0.2, 0.25) is 0 Å². The van der Waals surface area contributed by atoms with Crippen LogP contribution in [0.4, 0.5) is 0 Å². The Morgan fingerprint density at radius 2 is 1.04 bits per heavy atom. The Bertz CT molecular complexity index is 398. The summed E-state index contributed by atoms with van der Waals surface area (Å²) in [5, 5.41) is 0. The highest BCUT2D eigenvalue weighted by Gasteiger charge is 2.04. The molecule has 134 valence electrons. The third kappa shape index (κ3) is 10.1. The van der Waals surface area contributed by atoms with E-state index in [1.165, 1.54) is 38.5 Å². The van der Waals surface area contributed by atoms with Gasteiger partial charge in [0, 0.05) is 0 Å². The monoisotopic (exact) mass is 330 g/mol. The van der Waals surface area contributed by atoms with Gasteiger partial charge < -0.3 is 9.47 Å². The first-order valence-electron chi connectivity index (χ1n) is 9.45. The number of unbranched alkanes of at least 4 members (excludes halogenated alkanes) is 8. The molecule has 0 saturated heterocycles. The summed E-state index contributed by atoms with van der Waals surface area (Å²) in [6.07, 6.45) is 15.8. The van der Waals surface area contributed by atoms with Crippen LogP contribution in [-0.4, -0.2) is 13.2 Å². The smallest absolute Gasteiger partial charge is 0.161 e. The molecule has 1 rings (SSSR count). The number of hydrogen-bond donors (Lipinski definition) is 0. The second-order valence-electron chi connectivity index (χ2n) is 6.13. The maximum atomic E-state index is 5.90. The third-order valence-electron chi connectivity index (χ3n) is 3.97. The molecule has 0 atom stereocenters. The fraction of sp³-hybridized carbons (Fsp3) is 0.545. The standard InChI is InChI=1S/C22H34O2/c1-3-5-7-9-11-15-19-23-21-17-13-14-18-22(21)24-20-16-12-10-8-6-4-2/h3-4,13-14,17-18H,1-2,5-12,15-16,19-20H2. The largest absolute Gasteiger partial charge is 0.490 e. The molecule has 0 N–H and O–H groups in total. The summed E-state index contributed by atoms with van der Waals surface area (Å²) in [5.74, 6) is 1.74. The fourth-order valence-corrected chi connectivity index (χ4v) is 2.54. The van der Waals surface area contributed by atoms with E-state index in [1.54, 1.807) is 0 Å². The van der Waals surface area contributed by atoms with E-state index < -0.39 is 0 Å². The molecule has 0 aliphatic rings. The van der Waals surface area contributed by atoms with Crippen molar-refractivity contribution in [1.29, 1.82) is 0 Å². The second kappa shape index (κ2) is 14.9. The van der Waals surface area contributed by atoms with Crippen LogP contribution in [0.5, 0.6) is 11.5 Å². The number of allylic oxidation sites excluding steroid dienone is 2. The van der Waals surface area contributed by atoms with E-state index in [9.17, 15) is 0 Å². The van der Waals surface area contributed by atoms with Gasteiger partial charge in [0.05, 0.1) is 13.2 Å². The zero-order chi connectivity index (χ0) is 17.3. The maximum absolute atomic E-state index is 5.90. The molecule has 0 saturated carbocycles. The lowest BCUT2D eigenvalue weighted by atomic mass is 10.1. The van der Waals surface area contributed by atoms with E-state index in [0.29, 0.717) is 0 Å². The first-order valence-corrected chi connectivity index (χ1v) is 9.45. The zero-order valence-electron chi connectivity index (χ0n) is 15.2. The van der Waals surface area contributed by atoms with Crippen LogP contribution in [-0.2, 0) is 0 Å². The normalized spacial score (nSPS) is 10.3. The Hall–Kier alpha value is -1.70. The van der Waals surface area contributed by atoms with Gasteiger partial charge >= 0.3 is 0 Å². The molecule has 0 bridgehead atoms. The highest BCUT2D eigenvalue weighted by atomic mass is 16.5. The Morgan fingerprint density at radius 1 is 0.625 bits per heavy atom. The van der Waals surface area contributed by atoms with E-state index in [2.05, 4.69) is 13.2 Å². The van der Waals surface area contributed by atoms with Gasteiger partial charge in [-0.3, -0.25) is 0 Å². The van der Waals surface area contributed by atoms with Gasteiger partial charge in [0.2, 0.25) is 0 Å². The molecule has 24 heavy (non-hydrogen) atoms. The molecular formula is C22H34O2. The average Bonchev–Trinajstić information content (AvgIpc) is 2.61. The zero-order valence-corrected chi connectivity index (χ0v) is 15.2. The molecule has 0 unspecified atom stereocenters. The van der Waals surface area contributed by atoms with Crippen molar-refractivity contribution < 1.29 is 9.47 Å². The molecule has 0 aliphatic heterocycles. The fourth-order valence-electron chi connectivity index (χ4n) is 2.54. The third-order valence-corrected chi connectivity index (χ3v) is 3.97. The lowest BCUT2D eigenvalue weighted by Gasteiger charge is -2.12. The van der Waals surface area contributed by atoms with Crippen LogP contribution in [0.15, 0.2) is 49.6 Å². The Balaban J connectivity index is 2.16. The second-order valence-corrected chi connectivity index (χ2v) is 6.13. The maximum Gasteiger partial charge on any atom is 0.161 e. The van der Waals surface area contributed by atoms with Crippen molar-refractivity contribution in [3.05, 3.63) is 49.6 Å². The molecule has 0 heterocycles. The Kier molecular flexibility index (Phi) is 12.6. The summed E-state index contributed by atoms with van der Waals surface area (Å²) >= 11 is 0. The van der Waals surface area contributed by atoms with Crippen LogP contribution in [0.25, 0.3) is 0 Å². The van der Waals surface area contributed by atoms with Crippen molar-refractivity contribution >= 4 is 0 Å². The molecule has 0 radical (unpaired) electrons. The van der Waals surface area contributed by atoms with Crippen molar-refractivity contribution in [1.82, 2.24) is 0 Å². The van der Waals surface area contributed by atoms with Crippen molar-refractivity contribution in [2.45, 2.75) is 64.2 Å². The lowest BCUT2D eigenvalue weighted by Crippen LogP contribution is -2.02. The summed E-state index contributed by atoms with van der Waals surface area (Å²) in [6.45, 7) is 9.02. The Labute approximate surface area is 148 Å². The predicted octanol–water partition coefficient (Wildman–Crippen LogP) is 6.72. The van der Waals surface area contributed by atoms with Gasteiger partial charge in [0.1, 0.15) is 0 Å². The number of hydrogen-bond acceptors (Lipinski definition) is 2. The lowest BCUT2D eigenvalue weighted by molar-refractivity contribution is 0.258. The van der Waals surface area contributed by atoms with Crippen molar-refractivity contribution in [3.8, 4) is 11.5 Å². The molecule has 1 aromatic rings. The molecule has 0 fully saturated rings. The first kappa shape index (κ1) is 20.3. The minimum absolute atomic E-state index is 0.760. The highest BCUT2D eigenvalue weighted by Crippen LogP contribution is 2.27. The summed E-state index contributed by atoms with van der Waals surface area (Å²) in [5.41, 5.74) is 0. The Morgan fingerprint density at radius 3 is 1.46 bits per heavy atom. The molecule has 0 amide bonds. The van der Waals surface area contributed by atoms with Crippen molar-refractivity contribution in [2.24, 2.45) is 0 Å². The van der Waals surface area contributed by atoms with Gasteiger partial charge in [0.25, 0.3) is 0 Å². The van der Waals surface area contributed by atoms with E-state index in [1.807, 2.05) is 36.4 Å². The first-order chi connectivity index (χ1) is 11.9. The quantitative estimate of drug-likeness (QED) is 0.247. The number of rotatable bonds is 16. The van der Waals surface area contributed by atoms with Crippen molar-refractivity contribution in [2.75, 3.05) is 13.2 Å². The highest BCUT2D eigenvalue weighted by molar-refractivity contribution is 5.39. The molecule has 2 heteroatoms. The van der Waals surface area contributed by atoms with E-state index in [4.69, 9.17) is 9.47 Å². The number of benzene rings is 1. The summed E-state index contributed by atoms with van der Waals surface area (Å²) in [7, 11) is 0. The van der Waals surface area contributed by atoms with Gasteiger partial charge in [-0.15, -0.1) is 13.2 Å². The SMILES string of the molecule is C=CCCCCCCOc1ccccc1OCCCCCCC=C. The number of ether oxygens (including phenoxy) is 2. The van der Waals surface area contributed by atoms with Gasteiger partial charge in [-0.2, -0.15) is 0 Å². The molecule has 0 aromatic heterocycles. The van der Waals surface area contributed by atoms with E-state index in [-0.39, 0.29) is 0 Å². The predicted molar refractivity (Wildman–Crippen MR) is 104 cm³/mol. The average molecular weight is 331 g/mol. The summed E-state index contributed by atoms with van der Waals surface area (Å²) in [4.78, 5) is 0. The van der Waals surface area contributed by atoms with Crippen LogP contribution in [0.3, 0.4) is 0 Å². The topological polar surface area (TPSA) is 18.5 Å². The molecule has 1 aromatic carbocycles. The summed E-state index contributed by atoms with van der Waals surface area (Å²) < 4.78 is 11.8. The van der Waals surface area contributed by atoms with E-state index in [0.717, 1.165) is 50.4 Å². The van der Waals surface area contributed by atoms with Gasteiger partial charge in [-0.1, -0.05) is 50.0 Å². The van der Waals surface area contributed by atoms with Crippen LogP contribution >= 0.6 is 0 Å². The van der Waals surface area contributed by atoms with Crippen LogP contribution in [0.1, 0.15) is 64.2 Å². The van der Waals surface area contributed by atoms with Crippen LogP contribution in [0, 0.1) is 0 Å². The van der Waals surface area contributed by atoms with Gasteiger partial charge in [0.15, 0.2) is 11.5 Å². The molecular weight excluding hydrogens is 296 g/mol. The minimum Gasteiger partial charge on any atom is -0.490 e. The molecule has 2 nitrogen and oxygen atoms in total. The number of para-hydroxylation sites is 2. The van der Waals surface area contributed by atoms with E-state index >= 15 is 0 Å². The molecule has 0 aliphatic carbocycles. The van der Waals surface area contributed by atoms with Crippen molar-refractivity contribution in [3.63, 3.8) is 0 Å². The minimum atomic E-state index is 0.760. The van der Waals surface area contributed by atoms with Gasteiger partial charge in [-0.25, -0.2) is 0 Å². The van der Waals surface area contributed by atoms with Crippen LogP contribution < -0.4 is 9.47 Å². The summed E-state index contributed by atoms with van der Waals surface area (Å²) in [6, 6.07) is 8.00. The van der Waals surface area contributed by atoms with Gasteiger partial charge in [-0.05, 0) is 50.7 Å².